The van der Waals surface area contributed by atoms with E-state index in [1.165, 1.54) is 0 Å². The molecule has 0 aliphatic carbocycles. The van der Waals surface area contributed by atoms with E-state index in [9.17, 15) is 5.11 Å². The van der Waals surface area contributed by atoms with Crippen LogP contribution >= 0.6 is 11.6 Å². The molecule has 1 aliphatic rings. The third-order valence-electron chi connectivity index (χ3n) is 3.62. The van der Waals surface area contributed by atoms with Crippen molar-refractivity contribution in [3.8, 4) is 0 Å². The van der Waals surface area contributed by atoms with Gasteiger partial charge < -0.3 is 24.8 Å². The number of morpholine rings is 1. The molecule has 1 fully saturated rings. The summed E-state index contributed by atoms with van der Waals surface area (Å²) in [6.45, 7) is 4.60. The van der Waals surface area contributed by atoms with Gasteiger partial charge in [0.1, 0.15) is 0 Å². The number of hydrogen-bond acceptors (Lipinski definition) is 5. The second kappa shape index (κ2) is 9.45. The Morgan fingerprint density at radius 1 is 1.50 bits per heavy atom. The van der Waals surface area contributed by atoms with Crippen molar-refractivity contribution in [1.29, 1.82) is 0 Å². The molecule has 0 bridgehead atoms. The Bertz CT molecular complexity index is 447. The normalized spacial score (nSPS) is 21.0. The summed E-state index contributed by atoms with van der Waals surface area (Å²) in [7, 11) is 2.09. The Morgan fingerprint density at radius 2 is 2.32 bits per heavy atom. The molecule has 22 heavy (non-hydrogen) atoms. The zero-order valence-electron chi connectivity index (χ0n) is 13.0. The monoisotopic (exact) mass is 328 g/mol. The molecule has 0 aromatic heterocycles. The number of aliphatic hydroxyl groups excluding tert-OH is 1. The van der Waals surface area contributed by atoms with E-state index >= 15 is 0 Å². The average molecular weight is 329 g/mol. The summed E-state index contributed by atoms with van der Waals surface area (Å²) >= 11 is 6.05. The van der Waals surface area contributed by atoms with E-state index in [-0.39, 0.29) is 12.7 Å². The lowest BCUT2D eigenvalue weighted by atomic mass is 10.2. The summed E-state index contributed by atoms with van der Waals surface area (Å²) in [5.41, 5.74) is 0.933. The summed E-state index contributed by atoms with van der Waals surface area (Å²) < 4.78 is 11.2. The summed E-state index contributed by atoms with van der Waals surface area (Å²) in [5, 5.41) is 13.8. The Balaban J connectivity index is 1.56. The first-order valence-electron chi connectivity index (χ1n) is 7.65. The number of nitrogens with one attached hydrogen (secondary N) is 1. The summed E-state index contributed by atoms with van der Waals surface area (Å²) in [5.74, 6) is 0. The molecule has 1 aromatic rings. The molecule has 2 N–H and O–H groups in total. The molecule has 1 heterocycles. The maximum atomic E-state index is 9.91. The van der Waals surface area contributed by atoms with Gasteiger partial charge in [0.15, 0.2) is 0 Å². The molecule has 1 saturated heterocycles. The van der Waals surface area contributed by atoms with Crippen molar-refractivity contribution in [1.82, 2.24) is 10.2 Å². The molecule has 1 aliphatic heterocycles. The van der Waals surface area contributed by atoms with Gasteiger partial charge in [-0.2, -0.15) is 0 Å². The van der Waals surface area contributed by atoms with Crippen LogP contribution in [0.3, 0.4) is 0 Å². The van der Waals surface area contributed by atoms with Gasteiger partial charge in [-0.25, -0.2) is 0 Å². The van der Waals surface area contributed by atoms with Crippen LogP contribution in [0.5, 0.6) is 0 Å². The maximum absolute atomic E-state index is 9.91. The van der Waals surface area contributed by atoms with Crippen molar-refractivity contribution >= 4 is 11.6 Å². The molecule has 1 aromatic carbocycles. The molecule has 124 valence electrons. The van der Waals surface area contributed by atoms with Crippen molar-refractivity contribution in [2.45, 2.75) is 18.8 Å². The highest BCUT2D eigenvalue weighted by Crippen LogP contribution is 2.15. The fourth-order valence-electron chi connectivity index (χ4n) is 2.38. The Kier molecular flexibility index (Phi) is 7.59. The first-order chi connectivity index (χ1) is 10.6. The number of rotatable bonds is 8. The number of halogens is 1. The third kappa shape index (κ3) is 6.20. The van der Waals surface area contributed by atoms with E-state index in [0.29, 0.717) is 18.2 Å². The predicted octanol–water partition coefficient (Wildman–Crippen LogP) is 1.14. The van der Waals surface area contributed by atoms with Gasteiger partial charge in [0.25, 0.3) is 0 Å². The average Bonchev–Trinajstić information content (AvgIpc) is 2.49. The summed E-state index contributed by atoms with van der Waals surface area (Å²) in [4.78, 5) is 2.25. The van der Waals surface area contributed by atoms with Crippen LogP contribution in [0.1, 0.15) is 5.56 Å². The second-order valence-corrected chi connectivity index (χ2v) is 6.08. The van der Waals surface area contributed by atoms with Gasteiger partial charge >= 0.3 is 0 Å². The van der Waals surface area contributed by atoms with E-state index in [4.69, 9.17) is 21.1 Å². The molecule has 0 radical (unpaired) electrons. The van der Waals surface area contributed by atoms with Gasteiger partial charge in [-0.3, -0.25) is 0 Å². The second-order valence-electron chi connectivity index (χ2n) is 5.67. The molecule has 2 atom stereocenters. The molecule has 6 heteroatoms. The fraction of sp³-hybridized carbons (Fsp3) is 0.625. The summed E-state index contributed by atoms with van der Waals surface area (Å²) in [6.07, 6.45) is -0.348. The van der Waals surface area contributed by atoms with Crippen molar-refractivity contribution in [3.63, 3.8) is 0 Å². The van der Waals surface area contributed by atoms with Crippen LogP contribution in [0, 0.1) is 0 Å². The van der Waals surface area contributed by atoms with E-state index < -0.39 is 6.10 Å². The Labute approximate surface area is 137 Å². The highest BCUT2D eigenvalue weighted by Gasteiger charge is 2.17. The molecule has 0 spiro atoms. The van der Waals surface area contributed by atoms with Gasteiger partial charge in [-0.1, -0.05) is 29.8 Å². The molecule has 0 amide bonds. The topological polar surface area (TPSA) is 54.0 Å². The van der Waals surface area contributed by atoms with E-state index in [2.05, 4.69) is 17.3 Å². The van der Waals surface area contributed by atoms with Crippen LogP contribution in [-0.2, 0) is 16.1 Å². The molecule has 0 unspecified atom stereocenters. The zero-order chi connectivity index (χ0) is 15.8. The van der Waals surface area contributed by atoms with Crippen molar-refractivity contribution in [2.75, 3.05) is 46.4 Å². The van der Waals surface area contributed by atoms with Gasteiger partial charge in [0.2, 0.25) is 0 Å². The highest BCUT2D eigenvalue weighted by atomic mass is 35.5. The first kappa shape index (κ1) is 17.7. The quantitative estimate of drug-likeness (QED) is 0.749. The number of likely N-dealkylation sites (N-methyl/N-ethyl adjacent to an activating group) is 1. The van der Waals surface area contributed by atoms with Gasteiger partial charge in [0.05, 0.1) is 32.0 Å². The minimum Gasteiger partial charge on any atom is -0.389 e. The number of hydrogen-bond donors (Lipinski definition) is 2. The van der Waals surface area contributed by atoms with E-state index in [0.717, 1.165) is 31.8 Å². The lowest BCUT2D eigenvalue weighted by Crippen LogP contribution is -2.46. The lowest BCUT2D eigenvalue weighted by Gasteiger charge is -2.30. The minimum absolute atomic E-state index is 0.190. The first-order valence-corrected chi connectivity index (χ1v) is 8.03. The van der Waals surface area contributed by atoms with Crippen molar-refractivity contribution in [2.24, 2.45) is 0 Å². The smallest absolute Gasteiger partial charge is 0.0897 e. The summed E-state index contributed by atoms with van der Waals surface area (Å²) in [6, 6.07) is 7.56. The van der Waals surface area contributed by atoms with Crippen LogP contribution in [0.25, 0.3) is 0 Å². The van der Waals surface area contributed by atoms with Gasteiger partial charge in [-0.15, -0.1) is 0 Å². The van der Waals surface area contributed by atoms with Crippen LogP contribution in [-0.4, -0.2) is 68.7 Å². The van der Waals surface area contributed by atoms with Gasteiger partial charge in [-0.05, 0) is 18.7 Å². The maximum Gasteiger partial charge on any atom is 0.0897 e. The standard InChI is InChI=1S/C16H25ClN2O3/c1-19-6-7-22-15(10-19)9-18-8-14(20)12-21-11-13-4-2-3-5-16(13)17/h2-5,14-15,18,20H,6-12H2,1H3/t14-,15-/m1/s1. The van der Waals surface area contributed by atoms with E-state index in [1.807, 2.05) is 24.3 Å². The zero-order valence-corrected chi connectivity index (χ0v) is 13.8. The molecular weight excluding hydrogens is 304 g/mol. The number of aliphatic hydroxyl groups is 1. The lowest BCUT2D eigenvalue weighted by molar-refractivity contribution is -0.0211. The van der Waals surface area contributed by atoms with E-state index in [1.54, 1.807) is 0 Å². The largest absolute Gasteiger partial charge is 0.389 e. The van der Waals surface area contributed by atoms with Crippen LogP contribution in [0.15, 0.2) is 24.3 Å². The van der Waals surface area contributed by atoms with Crippen molar-refractivity contribution < 1.29 is 14.6 Å². The van der Waals surface area contributed by atoms with Crippen LogP contribution < -0.4 is 5.32 Å². The third-order valence-corrected chi connectivity index (χ3v) is 3.99. The SMILES string of the molecule is CN1CCO[C@H](CNC[C@@H](O)COCc2ccccc2Cl)C1. The van der Waals surface area contributed by atoms with Crippen LogP contribution in [0.4, 0.5) is 0 Å². The van der Waals surface area contributed by atoms with Crippen molar-refractivity contribution in [3.05, 3.63) is 34.9 Å². The minimum atomic E-state index is -0.538. The predicted molar refractivity (Wildman–Crippen MR) is 87.2 cm³/mol. The molecular formula is C16H25ClN2O3. The number of ether oxygens (including phenoxy) is 2. The number of nitrogens with zero attached hydrogens (tertiary/aromatic N) is 1. The highest BCUT2D eigenvalue weighted by molar-refractivity contribution is 6.31. The Morgan fingerprint density at radius 3 is 3.09 bits per heavy atom. The number of benzene rings is 1. The molecule has 0 saturated carbocycles. The van der Waals surface area contributed by atoms with Gasteiger partial charge in [0, 0.05) is 31.2 Å². The molecule has 2 rings (SSSR count). The van der Waals surface area contributed by atoms with Crippen LogP contribution in [0.2, 0.25) is 5.02 Å². The molecule has 5 nitrogen and oxygen atoms in total. The fourth-order valence-corrected chi connectivity index (χ4v) is 2.57. The Hall–Kier alpha value is -0.690.